The molecular weight excluding hydrogens is 302 g/mol. The van der Waals surface area contributed by atoms with Gasteiger partial charge in [0.2, 0.25) is 0 Å². The number of hydrogen-bond donors (Lipinski definition) is 2. The molecule has 0 amide bonds. The predicted molar refractivity (Wildman–Crippen MR) is 83.0 cm³/mol. The van der Waals surface area contributed by atoms with Crippen molar-refractivity contribution in [1.82, 2.24) is 5.32 Å². The van der Waals surface area contributed by atoms with Crippen LogP contribution < -0.4 is 17.7 Å². The second-order valence-corrected chi connectivity index (χ2v) is 5.09. The van der Waals surface area contributed by atoms with Gasteiger partial charge in [0.15, 0.2) is 0 Å². The van der Waals surface area contributed by atoms with Crippen molar-refractivity contribution in [1.29, 1.82) is 0 Å². The summed E-state index contributed by atoms with van der Waals surface area (Å²) in [5.41, 5.74) is 1.93. The van der Waals surface area contributed by atoms with Crippen molar-refractivity contribution in [3.8, 4) is 11.3 Å². The molecule has 1 unspecified atom stereocenters. The highest BCUT2D eigenvalue weighted by Gasteiger charge is 2.06. The van der Waals surface area contributed by atoms with E-state index < -0.39 is 6.10 Å². The van der Waals surface area contributed by atoms with Crippen molar-refractivity contribution in [2.75, 3.05) is 20.3 Å². The van der Waals surface area contributed by atoms with Crippen LogP contribution in [0.25, 0.3) is 11.3 Å². The van der Waals surface area contributed by atoms with Gasteiger partial charge in [-0.1, -0.05) is 24.3 Å². The number of halogens is 1. The van der Waals surface area contributed by atoms with Crippen LogP contribution in [-0.4, -0.2) is 25.4 Å². The van der Waals surface area contributed by atoms with E-state index in [9.17, 15) is 5.11 Å². The first-order chi connectivity index (χ1) is 10.2. The summed E-state index contributed by atoms with van der Waals surface area (Å²) in [6.45, 7) is 4.16. The van der Waals surface area contributed by atoms with Crippen molar-refractivity contribution in [2.24, 2.45) is 0 Å². The number of furan rings is 1. The zero-order valence-electron chi connectivity index (χ0n) is 13.0. The first-order valence-corrected chi connectivity index (χ1v) is 7.27. The molecule has 5 heteroatoms. The molecule has 2 N–H and O–H groups in total. The molecule has 0 saturated carbocycles. The van der Waals surface area contributed by atoms with Gasteiger partial charge in [-0.05, 0) is 37.6 Å². The van der Waals surface area contributed by atoms with Gasteiger partial charge in [0.05, 0.1) is 12.6 Å². The van der Waals surface area contributed by atoms with E-state index in [1.165, 1.54) is 0 Å². The van der Waals surface area contributed by atoms with Crippen molar-refractivity contribution in [3.63, 3.8) is 0 Å². The molecule has 0 bridgehead atoms. The van der Waals surface area contributed by atoms with Gasteiger partial charge < -0.3 is 32.0 Å². The molecule has 2 aromatic rings. The molecule has 22 heavy (non-hydrogen) atoms. The Morgan fingerprint density at radius 2 is 1.91 bits per heavy atom. The highest BCUT2D eigenvalue weighted by Crippen LogP contribution is 2.24. The zero-order chi connectivity index (χ0) is 15.1. The van der Waals surface area contributed by atoms with Crippen LogP contribution in [0.5, 0.6) is 0 Å². The minimum atomic E-state index is -0.442. The lowest BCUT2D eigenvalue weighted by atomic mass is 10.1. The Hall–Kier alpha value is -1.33. The summed E-state index contributed by atoms with van der Waals surface area (Å²) >= 11 is 0. The second kappa shape index (κ2) is 9.64. The van der Waals surface area contributed by atoms with E-state index in [0.29, 0.717) is 0 Å². The maximum Gasteiger partial charge on any atom is 0.134 e. The van der Waals surface area contributed by atoms with Gasteiger partial charge in [-0.3, -0.25) is 0 Å². The fraction of sp³-hybridized carbons (Fsp3) is 0.412. The van der Waals surface area contributed by atoms with Crippen LogP contribution >= 0.6 is 0 Å². The number of benzene rings is 1. The maximum atomic E-state index is 9.51. The molecule has 1 aromatic heterocycles. The highest BCUT2D eigenvalue weighted by molar-refractivity contribution is 5.58. The molecule has 0 aliphatic carbocycles. The largest absolute Gasteiger partial charge is 1.00 e. The van der Waals surface area contributed by atoms with Crippen molar-refractivity contribution in [2.45, 2.75) is 26.0 Å². The van der Waals surface area contributed by atoms with Gasteiger partial charge in [-0.25, -0.2) is 0 Å². The maximum absolute atomic E-state index is 9.51. The van der Waals surface area contributed by atoms with Crippen LogP contribution in [0, 0.1) is 0 Å². The quantitative estimate of drug-likeness (QED) is 0.678. The van der Waals surface area contributed by atoms with Gasteiger partial charge in [0, 0.05) is 19.3 Å². The Morgan fingerprint density at radius 3 is 2.55 bits per heavy atom. The second-order valence-electron chi connectivity index (χ2n) is 5.09. The van der Waals surface area contributed by atoms with E-state index in [4.69, 9.17) is 9.15 Å². The number of ether oxygens (including phenoxy) is 1. The summed E-state index contributed by atoms with van der Waals surface area (Å²) < 4.78 is 10.8. The minimum Gasteiger partial charge on any atom is -1.00 e. The third-order valence-corrected chi connectivity index (χ3v) is 3.34. The SMILES string of the molecule is COCCCNCc1ccc(-c2ccc(C(C)O)cc2)o1.[Cl-]. The van der Waals surface area contributed by atoms with Crippen LogP contribution in [0.1, 0.15) is 30.8 Å². The Morgan fingerprint density at radius 1 is 1.18 bits per heavy atom. The monoisotopic (exact) mass is 324 g/mol. The lowest BCUT2D eigenvalue weighted by Gasteiger charge is -2.05. The molecule has 0 aliphatic heterocycles. The number of nitrogens with one attached hydrogen (secondary N) is 1. The van der Waals surface area contributed by atoms with Crippen LogP contribution in [0.15, 0.2) is 40.8 Å². The summed E-state index contributed by atoms with van der Waals surface area (Å²) in [6, 6.07) is 11.7. The lowest BCUT2D eigenvalue weighted by molar-refractivity contribution is -0.00000722. The van der Waals surface area contributed by atoms with Gasteiger partial charge in [-0.15, -0.1) is 0 Å². The lowest BCUT2D eigenvalue weighted by Crippen LogP contribution is -3.00. The van der Waals surface area contributed by atoms with E-state index in [2.05, 4.69) is 5.32 Å². The van der Waals surface area contributed by atoms with Crippen molar-refractivity contribution >= 4 is 0 Å². The number of methoxy groups -OCH3 is 1. The number of aliphatic hydroxyl groups excluding tert-OH is 1. The van der Waals surface area contributed by atoms with Crippen molar-refractivity contribution < 1.29 is 26.7 Å². The summed E-state index contributed by atoms with van der Waals surface area (Å²) in [6.07, 6.45) is 0.549. The normalized spacial score (nSPS) is 12.0. The predicted octanol–water partition coefficient (Wildman–Crippen LogP) is 0.130. The third-order valence-electron chi connectivity index (χ3n) is 3.34. The zero-order valence-corrected chi connectivity index (χ0v) is 13.8. The molecule has 1 heterocycles. The molecule has 4 nitrogen and oxygen atoms in total. The van der Waals surface area contributed by atoms with Crippen LogP contribution in [-0.2, 0) is 11.3 Å². The average molecular weight is 325 g/mol. The first-order valence-electron chi connectivity index (χ1n) is 7.27. The van der Waals surface area contributed by atoms with Crippen molar-refractivity contribution in [3.05, 3.63) is 47.7 Å². The fourth-order valence-corrected chi connectivity index (χ4v) is 2.11. The minimum absolute atomic E-state index is 0. The number of aliphatic hydroxyl groups is 1. The molecule has 0 spiro atoms. The molecule has 122 valence electrons. The van der Waals surface area contributed by atoms with Gasteiger partial charge in [-0.2, -0.15) is 0 Å². The number of hydrogen-bond acceptors (Lipinski definition) is 4. The van der Waals surface area contributed by atoms with E-state index in [-0.39, 0.29) is 12.4 Å². The fourth-order valence-electron chi connectivity index (χ4n) is 2.11. The summed E-state index contributed by atoms with van der Waals surface area (Å²) in [4.78, 5) is 0. The molecule has 0 aliphatic rings. The Kier molecular flexibility index (Phi) is 8.20. The Balaban J connectivity index is 0.00000242. The van der Waals surface area contributed by atoms with E-state index in [0.717, 1.165) is 48.8 Å². The first kappa shape index (κ1) is 18.7. The van der Waals surface area contributed by atoms with E-state index in [1.807, 2.05) is 36.4 Å². The molecule has 2 rings (SSSR count). The van der Waals surface area contributed by atoms with Crippen LogP contribution in [0.3, 0.4) is 0 Å². The summed E-state index contributed by atoms with van der Waals surface area (Å²) in [7, 11) is 1.71. The molecule has 0 radical (unpaired) electrons. The Bertz CT molecular complexity index is 537. The van der Waals surface area contributed by atoms with Crippen LogP contribution in [0.4, 0.5) is 0 Å². The molecule has 0 fully saturated rings. The molecular formula is C17H23ClNO3-. The third kappa shape index (κ3) is 5.46. The summed E-state index contributed by atoms with van der Waals surface area (Å²) in [5.74, 6) is 1.77. The standard InChI is InChI=1S/C17H23NO3.ClH/c1-13(19)14-4-6-15(7-5-14)17-9-8-16(21-17)12-18-10-3-11-20-2;/h4-9,13,18-19H,3,10-12H2,1-2H3;1H/p-1. The van der Waals surface area contributed by atoms with Crippen LogP contribution in [0.2, 0.25) is 0 Å². The number of rotatable bonds is 8. The molecule has 1 atom stereocenters. The molecule has 0 saturated heterocycles. The van der Waals surface area contributed by atoms with Gasteiger partial charge in [0.1, 0.15) is 11.5 Å². The smallest absolute Gasteiger partial charge is 0.134 e. The highest BCUT2D eigenvalue weighted by atomic mass is 35.5. The van der Waals surface area contributed by atoms with E-state index in [1.54, 1.807) is 14.0 Å². The summed E-state index contributed by atoms with van der Waals surface area (Å²) in [5, 5.41) is 12.8. The molecule has 1 aromatic carbocycles. The Labute approximate surface area is 137 Å². The van der Waals surface area contributed by atoms with Gasteiger partial charge in [0.25, 0.3) is 0 Å². The average Bonchev–Trinajstić information content (AvgIpc) is 2.96. The van der Waals surface area contributed by atoms with Gasteiger partial charge >= 0.3 is 0 Å². The van der Waals surface area contributed by atoms with E-state index >= 15 is 0 Å². The topological polar surface area (TPSA) is 54.6 Å².